The Morgan fingerprint density at radius 3 is 2.69 bits per heavy atom. The first-order chi connectivity index (χ1) is 12.5. The third kappa shape index (κ3) is 2.59. The molecule has 5 nitrogen and oxygen atoms in total. The highest BCUT2D eigenvalue weighted by Gasteiger charge is 2.55. The lowest BCUT2D eigenvalue weighted by molar-refractivity contribution is -0.133. The van der Waals surface area contributed by atoms with Crippen LogP contribution in [0.5, 0.6) is 0 Å². The molecule has 3 amide bonds. The number of carbonyl (C=O) groups excluding carboxylic acids is 3. The summed E-state index contributed by atoms with van der Waals surface area (Å²) in [6.45, 7) is 1.80. The standard InChI is InChI=1S/C21H22N2O3/c1-14-6-4-5-11-21(14)19(25)23(20(26)22-21)13-18(24)17-10-9-15-7-2-3-8-16(15)12-17/h2-3,7-10,12,14H,4-6,11,13H2,1H3,(H,22,26). The van der Waals surface area contributed by atoms with E-state index in [0.29, 0.717) is 12.0 Å². The number of hydrogen-bond donors (Lipinski definition) is 1. The lowest BCUT2D eigenvalue weighted by Crippen LogP contribution is -2.54. The molecule has 0 bridgehead atoms. The van der Waals surface area contributed by atoms with Crippen LogP contribution in [0.15, 0.2) is 42.5 Å². The maximum atomic E-state index is 13.0. The van der Waals surface area contributed by atoms with Crippen molar-refractivity contribution in [2.75, 3.05) is 6.54 Å². The number of nitrogens with one attached hydrogen (secondary N) is 1. The molecule has 1 N–H and O–H groups in total. The summed E-state index contributed by atoms with van der Waals surface area (Å²) in [7, 11) is 0. The maximum Gasteiger partial charge on any atom is 0.325 e. The van der Waals surface area contributed by atoms with Gasteiger partial charge in [0.15, 0.2) is 5.78 Å². The molecule has 1 aliphatic carbocycles. The van der Waals surface area contributed by atoms with Crippen molar-refractivity contribution in [2.45, 2.75) is 38.1 Å². The number of imide groups is 1. The Labute approximate surface area is 152 Å². The summed E-state index contributed by atoms with van der Waals surface area (Å²) < 4.78 is 0. The monoisotopic (exact) mass is 350 g/mol. The molecule has 2 aliphatic rings. The van der Waals surface area contributed by atoms with Crippen LogP contribution in [0.1, 0.15) is 43.0 Å². The van der Waals surface area contributed by atoms with Crippen LogP contribution >= 0.6 is 0 Å². The number of hydrogen-bond acceptors (Lipinski definition) is 3. The van der Waals surface area contributed by atoms with E-state index in [2.05, 4.69) is 5.32 Å². The lowest BCUT2D eigenvalue weighted by atomic mass is 9.73. The molecule has 2 fully saturated rings. The van der Waals surface area contributed by atoms with Crippen LogP contribution in [0.2, 0.25) is 0 Å². The minimum atomic E-state index is -0.820. The molecule has 1 heterocycles. The average molecular weight is 350 g/mol. The number of benzene rings is 2. The molecular weight excluding hydrogens is 328 g/mol. The molecule has 0 radical (unpaired) electrons. The first-order valence-electron chi connectivity index (χ1n) is 9.17. The Kier molecular flexibility index (Phi) is 4.02. The zero-order valence-corrected chi connectivity index (χ0v) is 14.8. The smallest absolute Gasteiger partial charge is 0.323 e. The molecule has 1 saturated heterocycles. The van der Waals surface area contributed by atoms with Gasteiger partial charge in [-0.05, 0) is 35.6 Å². The number of nitrogens with zero attached hydrogens (tertiary/aromatic N) is 1. The topological polar surface area (TPSA) is 66.5 Å². The van der Waals surface area contributed by atoms with E-state index in [1.165, 1.54) is 0 Å². The normalized spacial score (nSPS) is 25.7. The molecule has 2 aromatic rings. The van der Waals surface area contributed by atoms with Crippen molar-refractivity contribution in [1.82, 2.24) is 10.2 Å². The van der Waals surface area contributed by atoms with Gasteiger partial charge in [0, 0.05) is 5.56 Å². The van der Waals surface area contributed by atoms with E-state index in [4.69, 9.17) is 0 Å². The highest BCUT2D eigenvalue weighted by Crippen LogP contribution is 2.38. The van der Waals surface area contributed by atoms with Gasteiger partial charge in [-0.1, -0.05) is 56.2 Å². The van der Waals surface area contributed by atoms with Crippen molar-refractivity contribution in [3.63, 3.8) is 0 Å². The number of ketones is 1. The van der Waals surface area contributed by atoms with Gasteiger partial charge < -0.3 is 5.32 Å². The third-order valence-electron chi connectivity index (χ3n) is 5.87. The molecule has 2 atom stereocenters. The van der Waals surface area contributed by atoms with Gasteiger partial charge >= 0.3 is 6.03 Å². The predicted octanol–water partition coefficient (Wildman–Crippen LogP) is 3.52. The van der Waals surface area contributed by atoms with Crippen molar-refractivity contribution < 1.29 is 14.4 Å². The van der Waals surface area contributed by atoms with Crippen LogP contribution in [0, 0.1) is 5.92 Å². The summed E-state index contributed by atoms with van der Waals surface area (Å²) in [6.07, 6.45) is 3.56. The van der Waals surface area contributed by atoms with Crippen molar-refractivity contribution in [3.05, 3.63) is 48.0 Å². The Balaban J connectivity index is 1.57. The molecule has 134 valence electrons. The van der Waals surface area contributed by atoms with E-state index in [1.807, 2.05) is 43.3 Å². The Bertz CT molecular complexity index is 907. The Hall–Kier alpha value is -2.69. The fourth-order valence-electron chi connectivity index (χ4n) is 4.24. The fourth-order valence-corrected chi connectivity index (χ4v) is 4.24. The summed E-state index contributed by atoms with van der Waals surface area (Å²) in [4.78, 5) is 39.2. The zero-order valence-electron chi connectivity index (χ0n) is 14.8. The molecule has 1 aliphatic heterocycles. The molecule has 0 aromatic heterocycles. The van der Waals surface area contributed by atoms with Gasteiger partial charge in [0.25, 0.3) is 5.91 Å². The quantitative estimate of drug-likeness (QED) is 0.680. The van der Waals surface area contributed by atoms with Crippen LogP contribution in [-0.2, 0) is 4.79 Å². The Morgan fingerprint density at radius 2 is 1.92 bits per heavy atom. The first-order valence-corrected chi connectivity index (χ1v) is 9.17. The van der Waals surface area contributed by atoms with E-state index < -0.39 is 11.6 Å². The summed E-state index contributed by atoms with van der Waals surface area (Å²) in [6, 6.07) is 12.8. The minimum Gasteiger partial charge on any atom is -0.323 e. The van der Waals surface area contributed by atoms with Gasteiger partial charge in [-0.15, -0.1) is 0 Å². The third-order valence-corrected chi connectivity index (χ3v) is 5.87. The van der Waals surface area contributed by atoms with E-state index in [1.54, 1.807) is 6.07 Å². The van der Waals surface area contributed by atoms with Gasteiger partial charge in [0.1, 0.15) is 5.54 Å². The molecule has 1 saturated carbocycles. The summed E-state index contributed by atoms with van der Waals surface area (Å²) in [5.41, 5.74) is -0.305. The molecule has 26 heavy (non-hydrogen) atoms. The highest BCUT2D eigenvalue weighted by molar-refractivity contribution is 6.11. The SMILES string of the molecule is CC1CCCCC12NC(=O)N(CC(=O)c1ccc3ccccc3c1)C2=O. The van der Waals surface area contributed by atoms with Crippen LogP contribution in [0.25, 0.3) is 10.8 Å². The van der Waals surface area contributed by atoms with Crippen LogP contribution in [-0.4, -0.2) is 34.7 Å². The van der Waals surface area contributed by atoms with Crippen molar-refractivity contribution >= 4 is 28.5 Å². The van der Waals surface area contributed by atoms with Gasteiger partial charge in [-0.2, -0.15) is 0 Å². The summed E-state index contributed by atoms with van der Waals surface area (Å²) in [5.74, 6) is -0.378. The van der Waals surface area contributed by atoms with Crippen molar-refractivity contribution in [1.29, 1.82) is 0 Å². The maximum absolute atomic E-state index is 13.0. The number of carbonyl (C=O) groups is 3. The molecule has 5 heteroatoms. The largest absolute Gasteiger partial charge is 0.325 e. The molecule has 4 rings (SSSR count). The number of amides is 3. The van der Waals surface area contributed by atoms with Crippen LogP contribution in [0.3, 0.4) is 0 Å². The van der Waals surface area contributed by atoms with Crippen molar-refractivity contribution in [3.8, 4) is 0 Å². The second-order valence-electron chi connectivity index (χ2n) is 7.42. The van der Waals surface area contributed by atoms with Crippen molar-refractivity contribution in [2.24, 2.45) is 5.92 Å². The summed E-state index contributed by atoms with van der Waals surface area (Å²) in [5, 5.41) is 4.91. The minimum absolute atomic E-state index is 0.0912. The van der Waals surface area contributed by atoms with Gasteiger partial charge in [0.05, 0.1) is 6.54 Å². The molecule has 2 aromatic carbocycles. The number of fused-ring (bicyclic) bond motifs is 1. The lowest BCUT2D eigenvalue weighted by Gasteiger charge is -2.36. The first kappa shape index (κ1) is 16.8. The molecule has 2 unspecified atom stereocenters. The van der Waals surface area contributed by atoms with Gasteiger partial charge in [-0.25, -0.2) is 4.79 Å². The zero-order chi connectivity index (χ0) is 18.3. The van der Waals surface area contributed by atoms with Gasteiger partial charge in [0.2, 0.25) is 0 Å². The number of urea groups is 1. The van der Waals surface area contributed by atoms with Crippen LogP contribution < -0.4 is 5.32 Å². The van der Waals surface area contributed by atoms with Crippen LogP contribution in [0.4, 0.5) is 4.79 Å². The number of Topliss-reactive ketones (excluding diaryl/α,β-unsaturated/α-hetero) is 1. The van der Waals surface area contributed by atoms with E-state index >= 15 is 0 Å². The van der Waals surface area contributed by atoms with E-state index in [9.17, 15) is 14.4 Å². The van der Waals surface area contributed by atoms with Gasteiger partial charge in [-0.3, -0.25) is 14.5 Å². The predicted molar refractivity (Wildman–Crippen MR) is 98.9 cm³/mol. The second kappa shape index (κ2) is 6.24. The van der Waals surface area contributed by atoms with E-state index in [0.717, 1.165) is 34.9 Å². The highest BCUT2D eigenvalue weighted by atomic mass is 16.2. The Morgan fingerprint density at radius 1 is 1.15 bits per heavy atom. The van der Waals surface area contributed by atoms with E-state index in [-0.39, 0.29) is 24.2 Å². The average Bonchev–Trinajstić information content (AvgIpc) is 2.89. The molecule has 1 spiro atoms. The summed E-state index contributed by atoms with van der Waals surface area (Å²) >= 11 is 0. The second-order valence-corrected chi connectivity index (χ2v) is 7.42. The number of rotatable bonds is 3. The molecular formula is C21H22N2O3. The fraction of sp³-hybridized carbons (Fsp3) is 0.381.